The molecule has 4 rings (SSSR count). The van der Waals surface area contributed by atoms with Gasteiger partial charge in [-0.15, -0.1) is 0 Å². The molecule has 0 radical (unpaired) electrons. The lowest BCUT2D eigenvalue weighted by atomic mass is 9.88. The van der Waals surface area contributed by atoms with E-state index < -0.39 is 0 Å². The van der Waals surface area contributed by atoms with Crippen molar-refractivity contribution >= 4 is 0 Å². The van der Waals surface area contributed by atoms with E-state index in [0.29, 0.717) is 44.4 Å². The number of fused-ring (bicyclic) bond motifs is 2. The van der Waals surface area contributed by atoms with E-state index in [2.05, 4.69) is 68.1 Å². The number of benzene rings is 2. The first kappa shape index (κ1) is 23.0. The van der Waals surface area contributed by atoms with Crippen molar-refractivity contribution in [2.24, 2.45) is 11.7 Å². The highest BCUT2D eigenvalue weighted by Gasteiger charge is 2.34. The molecule has 2 unspecified atom stereocenters. The van der Waals surface area contributed by atoms with Crippen LogP contribution in [0.4, 0.5) is 0 Å². The third-order valence-corrected chi connectivity index (χ3v) is 6.11. The van der Waals surface area contributed by atoms with Crippen LogP contribution in [-0.4, -0.2) is 45.7 Å². The van der Waals surface area contributed by atoms with Gasteiger partial charge in [-0.25, -0.2) is 0 Å². The zero-order valence-corrected chi connectivity index (χ0v) is 18.7. The van der Waals surface area contributed by atoms with Crippen molar-refractivity contribution in [2.45, 2.75) is 51.2 Å². The van der Waals surface area contributed by atoms with Crippen LogP contribution in [0, 0.1) is 5.92 Å². The monoisotopic (exact) mass is 411 g/mol. The fourth-order valence-electron chi connectivity index (χ4n) is 4.81. The molecule has 0 saturated carbocycles. The molecule has 2 N–H and O–H groups in total. The summed E-state index contributed by atoms with van der Waals surface area (Å²) in [7, 11) is 1.50. The Labute approximate surface area is 181 Å². The Morgan fingerprint density at radius 1 is 0.767 bits per heavy atom. The summed E-state index contributed by atoms with van der Waals surface area (Å²) in [6.45, 7) is 7.15. The largest absolute Gasteiger partial charge is 0.377 e. The van der Waals surface area contributed by atoms with E-state index in [1.807, 2.05) is 0 Å². The quantitative estimate of drug-likeness (QED) is 0.630. The lowest BCUT2D eigenvalue weighted by Crippen LogP contribution is -2.24. The Morgan fingerprint density at radius 3 is 1.97 bits per heavy atom. The Morgan fingerprint density at radius 2 is 1.33 bits per heavy atom. The summed E-state index contributed by atoms with van der Waals surface area (Å²) in [6.07, 6.45) is 3.65. The summed E-state index contributed by atoms with van der Waals surface area (Å²) in [4.78, 5) is 0. The van der Waals surface area contributed by atoms with Crippen molar-refractivity contribution in [2.75, 3.05) is 33.5 Å². The van der Waals surface area contributed by atoms with Crippen LogP contribution in [0.5, 0.6) is 0 Å². The predicted molar refractivity (Wildman–Crippen MR) is 122 cm³/mol. The molecule has 4 nitrogen and oxygen atoms in total. The number of hydrogen-bond acceptors (Lipinski definition) is 4. The minimum absolute atomic E-state index is 0.272. The van der Waals surface area contributed by atoms with E-state index >= 15 is 0 Å². The van der Waals surface area contributed by atoms with Crippen molar-refractivity contribution in [3.8, 4) is 0 Å². The summed E-state index contributed by atoms with van der Waals surface area (Å²) >= 11 is 0. The zero-order valence-electron chi connectivity index (χ0n) is 18.7. The predicted octanol–water partition coefficient (Wildman–Crippen LogP) is 4.14. The molecule has 0 saturated heterocycles. The van der Waals surface area contributed by atoms with Gasteiger partial charge in [-0.2, -0.15) is 0 Å². The van der Waals surface area contributed by atoms with Gasteiger partial charge in [0, 0.05) is 5.92 Å². The second-order valence-electron chi connectivity index (χ2n) is 8.36. The van der Waals surface area contributed by atoms with Crippen LogP contribution < -0.4 is 5.73 Å². The van der Waals surface area contributed by atoms with E-state index in [1.165, 1.54) is 29.3 Å². The highest BCUT2D eigenvalue weighted by Crippen LogP contribution is 2.39. The Balaban J connectivity index is 0.00000124. The molecule has 2 aliphatic rings. The molecule has 0 spiro atoms. The molecule has 0 aliphatic heterocycles. The molecule has 30 heavy (non-hydrogen) atoms. The van der Waals surface area contributed by atoms with Crippen molar-refractivity contribution < 1.29 is 14.2 Å². The summed E-state index contributed by atoms with van der Waals surface area (Å²) in [5.41, 5.74) is 10.3. The molecule has 2 atom stereocenters. The van der Waals surface area contributed by atoms with Gasteiger partial charge in [0.1, 0.15) is 0 Å². The maximum absolute atomic E-state index is 6.22. The van der Waals surface area contributed by atoms with Crippen molar-refractivity contribution in [3.05, 3.63) is 70.8 Å². The molecule has 2 aliphatic carbocycles. The maximum Gasteiger partial charge on any atom is 0.0704 e. The minimum atomic E-state index is 0.272. The Hall–Kier alpha value is -1.72. The van der Waals surface area contributed by atoms with Gasteiger partial charge < -0.3 is 19.9 Å². The first-order valence-electron chi connectivity index (χ1n) is 11.3. The lowest BCUT2D eigenvalue weighted by molar-refractivity contribution is -0.0298. The van der Waals surface area contributed by atoms with Gasteiger partial charge in [-0.1, -0.05) is 62.4 Å². The van der Waals surface area contributed by atoms with Gasteiger partial charge in [-0.3, -0.25) is 0 Å². The van der Waals surface area contributed by atoms with Crippen LogP contribution in [0.3, 0.4) is 0 Å². The van der Waals surface area contributed by atoms with Gasteiger partial charge in [0.25, 0.3) is 0 Å². The van der Waals surface area contributed by atoms with Crippen molar-refractivity contribution in [1.29, 1.82) is 0 Å². The summed E-state index contributed by atoms with van der Waals surface area (Å²) in [5.74, 6) is 1.07. The lowest BCUT2D eigenvalue weighted by Gasteiger charge is -2.24. The normalized spacial score (nSPS) is 20.0. The van der Waals surface area contributed by atoms with E-state index in [0.717, 1.165) is 19.3 Å². The van der Waals surface area contributed by atoms with Crippen LogP contribution >= 0.6 is 0 Å². The van der Waals surface area contributed by atoms with Crippen LogP contribution in [0.2, 0.25) is 0 Å². The molecular formula is C26H37NO3. The number of nitrogens with two attached hydrogens (primary N) is 1. The van der Waals surface area contributed by atoms with Crippen LogP contribution in [0.15, 0.2) is 48.5 Å². The molecule has 0 bridgehead atoms. The van der Waals surface area contributed by atoms with Gasteiger partial charge >= 0.3 is 0 Å². The molecule has 2 aromatic rings. The molecule has 0 heterocycles. The van der Waals surface area contributed by atoms with Gasteiger partial charge in [0.2, 0.25) is 0 Å². The number of rotatable bonds is 9. The van der Waals surface area contributed by atoms with E-state index in [-0.39, 0.29) is 6.10 Å². The zero-order chi connectivity index (χ0) is 21.3. The average molecular weight is 412 g/mol. The Kier molecular flexibility index (Phi) is 8.88. The number of ether oxygens (including phenoxy) is 3. The fourth-order valence-corrected chi connectivity index (χ4v) is 4.81. The first-order chi connectivity index (χ1) is 14.7. The molecule has 0 fully saturated rings. The molecule has 164 valence electrons. The third kappa shape index (κ3) is 5.70. The third-order valence-electron chi connectivity index (χ3n) is 6.11. The van der Waals surface area contributed by atoms with Crippen LogP contribution in [-0.2, 0) is 33.5 Å². The van der Waals surface area contributed by atoms with E-state index in [9.17, 15) is 0 Å². The molecule has 0 aromatic heterocycles. The van der Waals surface area contributed by atoms with E-state index in [4.69, 9.17) is 14.2 Å². The second-order valence-corrected chi connectivity index (χ2v) is 8.36. The summed E-state index contributed by atoms with van der Waals surface area (Å²) < 4.78 is 18.0. The van der Waals surface area contributed by atoms with Gasteiger partial charge in [0.05, 0.1) is 38.6 Å². The topological polar surface area (TPSA) is 53.7 Å². The van der Waals surface area contributed by atoms with Gasteiger partial charge in [0.15, 0.2) is 0 Å². The highest BCUT2D eigenvalue weighted by molar-refractivity contribution is 5.37. The molecule has 4 heteroatoms. The van der Waals surface area contributed by atoms with Crippen LogP contribution in [0.25, 0.3) is 0 Å². The number of hydrogen-bond donors (Lipinski definition) is 1. The SMILES string of the molecule is CC(C)C1c2ccccc2CC1OCCOCCOC1Cc2ccccc2C1.CN. The first-order valence-corrected chi connectivity index (χ1v) is 11.3. The molecule has 2 aromatic carbocycles. The standard InChI is InChI=1S/C25H32O3.CH5N/c1-18(2)25-23-10-6-5-9-21(23)17-24(25)28-14-12-26-11-13-27-22-15-19-7-3-4-8-20(19)16-22;1-2/h3-10,18,22,24-25H,11-17H2,1-2H3;2H2,1H3. The summed E-state index contributed by atoms with van der Waals surface area (Å²) in [5, 5.41) is 0. The summed E-state index contributed by atoms with van der Waals surface area (Å²) in [6, 6.07) is 17.4. The highest BCUT2D eigenvalue weighted by atomic mass is 16.5. The Bertz CT molecular complexity index is 751. The van der Waals surface area contributed by atoms with Crippen LogP contribution in [0.1, 0.15) is 42.0 Å². The van der Waals surface area contributed by atoms with Crippen molar-refractivity contribution in [3.63, 3.8) is 0 Å². The van der Waals surface area contributed by atoms with Gasteiger partial charge in [-0.05, 0) is 54.5 Å². The van der Waals surface area contributed by atoms with Crippen molar-refractivity contribution in [1.82, 2.24) is 0 Å². The fraction of sp³-hybridized carbons (Fsp3) is 0.538. The maximum atomic E-state index is 6.22. The molecule has 0 amide bonds. The average Bonchev–Trinajstić information content (AvgIpc) is 3.35. The smallest absolute Gasteiger partial charge is 0.0704 e. The minimum Gasteiger partial charge on any atom is -0.377 e. The molecular weight excluding hydrogens is 374 g/mol. The van der Waals surface area contributed by atoms with E-state index in [1.54, 1.807) is 0 Å². The second kappa shape index (κ2) is 11.6.